The fraction of sp³-hybridized carbons (Fsp3) is 0.455. The smallest absolute Gasteiger partial charge is 0.253 e. The number of hydrogen-bond donors (Lipinski definition) is 0. The van der Waals surface area contributed by atoms with Gasteiger partial charge in [0, 0.05) is 19.2 Å². The fourth-order valence-electron chi connectivity index (χ4n) is 0.475. The lowest BCUT2D eigenvalue weighted by Gasteiger charge is -2.08. The summed E-state index contributed by atoms with van der Waals surface area (Å²) in [6, 6.07) is 0. The molecular formula is C11H17NO2. The molecule has 78 valence electrons. The Kier molecular flexibility index (Phi) is 4.28. The summed E-state index contributed by atoms with van der Waals surface area (Å²) in [7, 11) is 1.45. The molecule has 0 radical (unpaired) electrons. The molecule has 1 aliphatic heterocycles. The van der Waals surface area contributed by atoms with Crippen LogP contribution in [0.25, 0.3) is 0 Å². The lowest BCUT2D eigenvalue weighted by Crippen LogP contribution is -2.24. The van der Waals surface area contributed by atoms with E-state index in [0.717, 1.165) is 4.90 Å². The zero-order valence-corrected chi connectivity index (χ0v) is 9.20. The summed E-state index contributed by atoms with van der Waals surface area (Å²) >= 11 is 0. The van der Waals surface area contributed by atoms with Gasteiger partial charge in [-0.2, -0.15) is 0 Å². The summed E-state index contributed by atoms with van der Waals surface area (Å²) in [5.74, 6) is -0.481. The number of allylic oxidation sites excluding steroid dienone is 1. The first-order chi connectivity index (χ1) is 6.28. The number of imide groups is 1. The number of rotatable bonds is 0. The lowest BCUT2D eigenvalue weighted by molar-refractivity contribution is -0.135. The lowest BCUT2D eigenvalue weighted by atomic mass is 9.98. The number of carbonyl (C=O) groups excluding carboxylic acids is 2. The first-order valence-electron chi connectivity index (χ1n) is 4.41. The third-order valence-electron chi connectivity index (χ3n) is 1.64. The molecule has 0 N–H and O–H groups in total. The van der Waals surface area contributed by atoms with Gasteiger partial charge in [-0.05, 0) is 5.41 Å². The molecule has 0 aromatic rings. The molecule has 3 nitrogen and oxygen atoms in total. The molecule has 0 unspecified atom stereocenters. The summed E-state index contributed by atoms with van der Waals surface area (Å²) < 4.78 is 0. The third kappa shape index (κ3) is 4.60. The van der Waals surface area contributed by atoms with E-state index in [1.807, 2.05) is 6.08 Å². The maximum absolute atomic E-state index is 10.4. The molecule has 1 heterocycles. The van der Waals surface area contributed by atoms with Gasteiger partial charge in [-0.25, -0.2) is 0 Å². The van der Waals surface area contributed by atoms with Crippen LogP contribution in [0.1, 0.15) is 20.8 Å². The molecular weight excluding hydrogens is 178 g/mol. The molecule has 2 amide bonds. The van der Waals surface area contributed by atoms with Gasteiger partial charge < -0.3 is 0 Å². The summed E-state index contributed by atoms with van der Waals surface area (Å²) in [6.07, 6.45) is 4.44. The summed E-state index contributed by atoms with van der Waals surface area (Å²) in [6.45, 7) is 10.0. The van der Waals surface area contributed by atoms with E-state index in [9.17, 15) is 9.59 Å². The van der Waals surface area contributed by atoms with Crippen molar-refractivity contribution in [1.29, 1.82) is 0 Å². The Labute approximate surface area is 85.1 Å². The second-order valence-electron chi connectivity index (χ2n) is 4.14. The van der Waals surface area contributed by atoms with Crippen molar-refractivity contribution < 1.29 is 9.59 Å². The van der Waals surface area contributed by atoms with Crippen LogP contribution in [0.4, 0.5) is 0 Å². The van der Waals surface area contributed by atoms with Crippen LogP contribution in [0.3, 0.4) is 0 Å². The Balaban J connectivity index is 0.000000255. The van der Waals surface area contributed by atoms with E-state index in [1.54, 1.807) is 0 Å². The average Bonchev–Trinajstić information content (AvgIpc) is 2.36. The molecule has 1 rings (SSSR count). The maximum Gasteiger partial charge on any atom is 0.253 e. The van der Waals surface area contributed by atoms with E-state index >= 15 is 0 Å². The van der Waals surface area contributed by atoms with Crippen LogP contribution in [0.5, 0.6) is 0 Å². The van der Waals surface area contributed by atoms with E-state index in [4.69, 9.17) is 0 Å². The number of likely N-dealkylation sites (N-methyl/N-ethyl adjacent to an activating group) is 1. The molecule has 0 aromatic heterocycles. The maximum atomic E-state index is 10.4. The van der Waals surface area contributed by atoms with Crippen molar-refractivity contribution in [2.24, 2.45) is 5.41 Å². The number of hydrogen-bond acceptors (Lipinski definition) is 2. The fourth-order valence-corrected chi connectivity index (χ4v) is 0.475. The van der Waals surface area contributed by atoms with Gasteiger partial charge >= 0.3 is 0 Å². The molecule has 0 saturated heterocycles. The van der Waals surface area contributed by atoms with Crippen LogP contribution in [0, 0.1) is 5.41 Å². The van der Waals surface area contributed by atoms with Crippen molar-refractivity contribution in [3.8, 4) is 0 Å². The predicted octanol–water partition coefficient (Wildman–Crippen LogP) is 1.76. The molecule has 1 aliphatic rings. The monoisotopic (exact) mass is 195 g/mol. The number of carbonyl (C=O) groups is 2. The molecule has 0 spiro atoms. The highest BCUT2D eigenvalue weighted by molar-refractivity contribution is 6.12. The van der Waals surface area contributed by atoms with E-state index in [1.165, 1.54) is 19.2 Å². The Morgan fingerprint density at radius 1 is 1.21 bits per heavy atom. The zero-order chi connectivity index (χ0) is 11.4. The van der Waals surface area contributed by atoms with Gasteiger partial charge in [0.2, 0.25) is 0 Å². The second kappa shape index (κ2) is 4.74. The number of nitrogens with zero attached hydrogens (tertiary/aromatic N) is 1. The molecule has 0 bridgehead atoms. The van der Waals surface area contributed by atoms with Gasteiger partial charge in [0.15, 0.2) is 0 Å². The highest BCUT2D eigenvalue weighted by Gasteiger charge is 2.17. The minimum absolute atomic E-state index is 0.241. The van der Waals surface area contributed by atoms with Gasteiger partial charge in [-0.3, -0.25) is 14.5 Å². The van der Waals surface area contributed by atoms with Crippen LogP contribution >= 0.6 is 0 Å². The van der Waals surface area contributed by atoms with E-state index in [-0.39, 0.29) is 11.8 Å². The van der Waals surface area contributed by atoms with Crippen molar-refractivity contribution in [3.63, 3.8) is 0 Å². The van der Waals surface area contributed by atoms with Crippen molar-refractivity contribution in [3.05, 3.63) is 24.8 Å². The molecule has 0 saturated carbocycles. The predicted molar refractivity (Wildman–Crippen MR) is 56.6 cm³/mol. The normalized spacial score (nSPS) is 15.3. The SMILES string of the molecule is C=CC(C)(C)C.CN1C(=O)C=CC1=O. The first-order valence-corrected chi connectivity index (χ1v) is 4.41. The minimum atomic E-state index is -0.241. The van der Waals surface area contributed by atoms with Crippen molar-refractivity contribution in [1.82, 2.24) is 4.90 Å². The Morgan fingerprint density at radius 3 is 1.57 bits per heavy atom. The standard InChI is InChI=1S/C6H12.C5H5NO2/c1-5-6(2,3)4;1-6-4(7)2-3-5(6)8/h5H,1H2,2-4H3;2-3H,1H3. The average molecular weight is 195 g/mol. The number of amides is 2. The van der Waals surface area contributed by atoms with Gasteiger partial charge in [-0.15, -0.1) is 6.58 Å². The van der Waals surface area contributed by atoms with Gasteiger partial charge in [0.05, 0.1) is 0 Å². The minimum Gasteiger partial charge on any atom is -0.279 e. The van der Waals surface area contributed by atoms with Crippen LogP contribution in [0.15, 0.2) is 24.8 Å². The Hall–Kier alpha value is -1.38. The van der Waals surface area contributed by atoms with Crippen molar-refractivity contribution in [2.75, 3.05) is 7.05 Å². The highest BCUT2D eigenvalue weighted by atomic mass is 16.2. The van der Waals surface area contributed by atoms with E-state index in [0.29, 0.717) is 5.41 Å². The van der Waals surface area contributed by atoms with Gasteiger partial charge in [0.25, 0.3) is 11.8 Å². The van der Waals surface area contributed by atoms with Crippen LogP contribution in [-0.4, -0.2) is 23.8 Å². The third-order valence-corrected chi connectivity index (χ3v) is 1.64. The van der Waals surface area contributed by atoms with Crippen molar-refractivity contribution >= 4 is 11.8 Å². The summed E-state index contributed by atoms with van der Waals surface area (Å²) in [5, 5.41) is 0. The second-order valence-corrected chi connectivity index (χ2v) is 4.14. The molecule has 14 heavy (non-hydrogen) atoms. The van der Waals surface area contributed by atoms with E-state index < -0.39 is 0 Å². The Morgan fingerprint density at radius 2 is 1.50 bits per heavy atom. The summed E-state index contributed by atoms with van der Waals surface area (Å²) in [4.78, 5) is 21.9. The molecule has 0 atom stereocenters. The molecule has 0 aliphatic carbocycles. The summed E-state index contributed by atoms with van der Waals surface area (Å²) in [5.41, 5.74) is 0.306. The van der Waals surface area contributed by atoms with Crippen LogP contribution in [-0.2, 0) is 9.59 Å². The van der Waals surface area contributed by atoms with Crippen LogP contribution < -0.4 is 0 Å². The molecule has 3 heteroatoms. The van der Waals surface area contributed by atoms with E-state index in [2.05, 4.69) is 27.4 Å². The highest BCUT2D eigenvalue weighted by Crippen LogP contribution is 2.11. The zero-order valence-electron chi connectivity index (χ0n) is 9.20. The van der Waals surface area contributed by atoms with Crippen LogP contribution in [0.2, 0.25) is 0 Å². The van der Waals surface area contributed by atoms with Gasteiger partial charge in [0.1, 0.15) is 0 Å². The Bertz CT molecular complexity index is 254. The topological polar surface area (TPSA) is 37.4 Å². The molecule has 0 aromatic carbocycles. The quantitative estimate of drug-likeness (QED) is 0.436. The first kappa shape index (κ1) is 12.6. The largest absolute Gasteiger partial charge is 0.279 e. The van der Waals surface area contributed by atoms with Gasteiger partial charge in [-0.1, -0.05) is 26.8 Å². The van der Waals surface area contributed by atoms with Crippen molar-refractivity contribution in [2.45, 2.75) is 20.8 Å². The molecule has 0 fully saturated rings.